The molecule has 0 aromatic carbocycles. The molecule has 0 radical (unpaired) electrons. The molecule has 2 saturated heterocycles. The highest BCUT2D eigenvalue weighted by Crippen LogP contribution is 2.29. The van der Waals surface area contributed by atoms with Gasteiger partial charge in [0.15, 0.2) is 6.10 Å². The SMILES string of the molecule is CC1(C)CCCN(C(=O)N2CCO[C@@H](C(=O)O)C2)C1. The molecule has 19 heavy (non-hydrogen) atoms. The number of ether oxygens (including phenoxy) is 1. The van der Waals surface area contributed by atoms with E-state index in [-0.39, 0.29) is 18.0 Å². The van der Waals surface area contributed by atoms with E-state index in [1.807, 2.05) is 4.90 Å². The molecular formula is C13H22N2O4. The van der Waals surface area contributed by atoms with E-state index in [4.69, 9.17) is 9.84 Å². The first-order chi connectivity index (χ1) is 8.89. The molecule has 0 bridgehead atoms. The summed E-state index contributed by atoms with van der Waals surface area (Å²) in [5.74, 6) is -1.00. The molecule has 0 unspecified atom stereocenters. The molecule has 2 fully saturated rings. The first kappa shape index (κ1) is 14.1. The van der Waals surface area contributed by atoms with Crippen molar-refractivity contribution in [1.82, 2.24) is 9.80 Å². The van der Waals surface area contributed by atoms with Crippen LogP contribution in [0.4, 0.5) is 4.79 Å². The lowest BCUT2D eigenvalue weighted by atomic mass is 9.84. The van der Waals surface area contributed by atoms with Crippen LogP contribution in [-0.4, -0.2) is 65.8 Å². The zero-order chi connectivity index (χ0) is 14.0. The molecule has 0 saturated carbocycles. The highest BCUT2D eigenvalue weighted by molar-refractivity contribution is 5.77. The fourth-order valence-corrected chi connectivity index (χ4v) is 2.76. The lowest BCUT2D eigenvalue weighted by molar-refractivity contribution is -0.154. The fraction of sp³-hybridized carbons (Fsp3) is 0.846. The molecule has 2 heterocycles. The summed E-state index contributed by atoms with van der Waals surface area (Å²) in [6.45, 7) is 6.72. The van der Waals surface area contributed by atoms with Gasteiger partial charge in [-0.15, -0.1) is 0 Å². The number of likely N-dealkylation sites (tertiary alicyclic amines) is 1. The van der Waals surface area contributed by atoms with Gasteiger partial charge < -0.3 is 19.6 Å². The third-order valence-electron chi connectivity index (χ3n) is 3.78. The minimum absolute atomic E-state index is 0.0534. The Morgan fingerprint density at radius 2 is 2.00 bits per heavy atom. The minimum Gasteiger partial charge on any atom is -0.479 e. The van der Waals surface area contributed by atoms with Crippen molar-refractivity contribution in [3.63, 3.8) is 0 Å². The number of carboxylic acid groups (broad SMARTS) is 1. The average molecular weight is 270 g/mol. The standard InChI is InChI=1S/C13H22N2O4/c1-13(2)4-3-5-15(9-13)12(18)14-6-7-19-10(8-14)11(16)17/h10H,3-9H2,1-2H3,(H,16,17)/t10-/m1/s1. The van der Waals surface area contributed by atoms with Crippen LogP contribution in [0.25, 0.3) is 0 Å². The quantitative estimate of drug-likeness (QED) is 0.772. The van der Waals surface area contributed by atoms with E-state index >= 15 is 0 Å². The molecule has 2 rings (SSSR count). The van der Waals surface area contributed by atoms with Gasteiger partial charge in [-0.3, -0.25) is 0 Å². The Morgan fingerprint density at radius 3 is 2.63 bits per heavy atom. The molecule has 0 aromatic heterocycles. The van der Waals surface area contributed by atoms with E-state index in [1.165, 1.54) is 0 Å². The van der Waals surface area contributed by atoms with Gasteiger partial charge in [-0.05, 0) is 18.3 Å². The van der Waals surface area contributed by atoms with E-state index in [2.05, 4.69) is 13.8 Å². The normalized spacial score (nSPS) is 27.2. The van der Waals surface area contributed by atoms with Gasteiger partial charge in [-0.1, -0.05) is 13.8 Å². The molecule has 108 valence electrons. The van der Waals surface area contributed by atoms with Crippen molar-refractivity contribution in [2.24, 2.45) is 5.41 Å². The number of morpholine rings is 1. The van der Waals surface area contributed by atoms with Crippen LogP contribution in [0.3, 0.4) is 0 Å². The zero-order valence-electron chi connectivity index (χ0n) is 11.6. The van der Waals surface area contributed by atoms with Crippen molar-refractivity contribution in [3.8, 4) is 0 Å². The van der Waals surface area contributed by atoms with Crippen molar-refractivity contribution in [3.05, 3.63) is 0 Å². The lowest BCUT2D eigenvalue weighted by Gasteiger charge is -2.41. The molecular weight excluding hydrogens is 248 g/mol. The van der Waals surface area contributed by atoms with E-state index < -0.39 is 12.1 Å². The number of carbonyl (C=O) groups is 2. The van der Waals surface area contributed by atoms with E-state index in [0.717, 1.165) is 25.9 Å². The number of carboxylic acids is 1. The van der Waals surface area contributed by atoms with Gasteiger partial charge in [-0.25, -0.2) is 9.59 Å². The number of urea groups is 1. The van der Waals surface area contributed by atoms with Crippen molar-refractivity contribution < 1.29 is 19.4 Å². The Balaban J connectivity index is 1.97. The second-order valence-corrected chi connectivity index (χ2v) is 6.12. The Bertz CT molecular complexity index is 370. The van der Waals surface area contributed by atoms with Crippen LogP contribution in [0.5, 0.6) is 0 Å². The van der Waals surface area contributed by atoms with E-state index in [0.29, 0.717) is 13.2 Å². The number of piperidine rings is 1. The molecule has 0 aliphatic carbocycles. The smallest absolute Gasteiger partial charge is 0.334 e. The molecule has 2 amide bonds. The van der Waals surface area contributed by atoms with Crippen LogP contribution in [-0.2, 0) is 9.53 Å². The van der Waals surface area contributed by atoms with Crippen LogP contribution >= 0.6 is 0 Å². The van der Waals surface area contributed by atoms with Crippen molar-refractivity contribution >= 4 is 12.0 Å². The lowest BCUT2D eigenvalue weighted by Crippen LogP contribution is -2.55. The number of hydrogen-bond donors (Lipinski definition) is 1. The first-order valence-corrected chi connectivity index (χ1v) is 6.77. The van der Waals surface area contributed by atoms with Crippen LogP contribution in [0.1, 0.15) is 26.7 Å². The highest BCUT2D eigenvalue weighted by atomic mass is 16.5. The summed E-state index contributed by atoms with van der Waals surface area (Å²) in [6, 6.07) is -0.0534. The number of amides is 2. The van der Waals surface area contributed by atoms with Crippen LogP contribution < -0.4 is 0 Å². The predicted octanol–water partition coefficient (Wildman–Crippen LogP) is 1.01. The monoisotopic (exact) mass is 270 g/mol. The molecule has 6 heteroatoms. The molecule has 0 aromatic rings. The third kappa shape index (κ3) is 3.37. The summed E-state index contributed by atoms with van der Waals surface area (Å²) in [7, 11) is 0. The summed E-state index contributed by atoms with van der Waals surface area (Å²) in [5, 5.41) is 8.95. The molecule has 6 nitrogen and oxygen atoms in total. The molecule has 1 atom stereocenters. The van der Waals surface area contributed by atoms with Gasteiger partial charge in [0.05, 0.1) is 13.2 Å². The summed E-state index contributed by atoms with van der Waals surface area (Å²) < 4.78 is 5.14. The number of carbonyl (C=O) groups excluding carboxylic acids is 1. The summed E-state index contributed by atoms with van der Waals surface area (Å²) >= 11 is 0. The predicted molar refractivity (Wildman–Crippen MR) is 68.9 cm³/mol. The van der Waals surface area contributed by atoms with E-state index in [9.17, 15) is 9.59 Å². The first-order valence-electron chi connectivity index (χ1n) is 6.77. The van der Waals surface area contributed by atoms with Gasteiger partial charge in [0, 0.05) is 19.6 Å². The maximum absolute atomic E-state index is 12.4. The van der Waals surface area contributed by atoms with E-state index in [1.54, 1.807) is 4.90 Å². The van der Waals surface area contributed by atoms with Gasteiger partial charge in [0.1, 0.15) is 0 Å². The summed E-state index contributed by atoms with van der Waals surface area (Å²) in [5.41, 5.74) is 0.145. The summed E-state index contributed by atoms with van der Waals surface area (Å²) in [6.07, 6.45) is 1.24. The Labute approximate surface area is 113 Å². The van der Waals surface area contributed by atoms with Crippen molar-refractivity contribution in [2.75, 3.05) is 32.8 Å². The highest BCUT2D eigenvalue weighted by Gasteiger charge is 2.34. The zero-order valence-corrected chi connectivity index (χ0v) is 11.6. The van der Waals surface area contributed by atoms with Gasteiger partial charge in [-0.2, -0.15) is 0 Å². The van der Waals surface area contributed by atoms with Crippen LogP contribution in [0, 0.1) is 5.41 Å². The van der Waals surface area contributed by atoms with Crippen molar-refractivity contribution in [1.29, 1.82) is 0 Å². The second-order valence-electron chi connectivity index (χ2n) is 6.12. The Morgan fingerprint density at radius 1 is 1.26 bits per heavy atom. The number of hydrogen-bond acceptors (Lipinski definition) is 3. The Hall–Kier alpha value is -1.30. The van der Waals surface area contributed by atoms with Crippen LogP contribution in [0.15, 0.2) is 0 Å². The van der Waals surface area contributed by atoms with Crippen molar-refractivity contribution in [2.45, 2.75) is 32.8 Å². The number of rotatable bonds is 1. The summed E-state index contributed by atoms with van der Waals surface area (Å²) in [4.78, 5) is 26.8. The number of nitrogens with zero attached hydrogens (tertiary/aromatic N) is 2. The number of aliphatic carboxylic acids is 1. The molecule has 2 aliphatic rings. The second kappa shape index (κ2) is 5.36. The fourth-order valence-electron chi connectivity index (χ4n) is 2.76. The van der Waals surface area contributed by atoms with Gasteiger partial charge in [0.25, 0.3) is 0 Å². The minimum atomic E-state index is -1.00. The van der Waals surface area contributed by atoms with Gasteiger partial charge >= 0.3 is 12.0 Å². The molecule has 1 N–H and O–H groups in total. The Kier molecular flexibility index (Phi) is 3.99. The maximum Gasteiger partial charge on any atom is 0.334 e. The largest absolute Gasteiger partial charge is 0.479 e. The van der Waals surface area contributed by atoms with Crippen LogP contribution in [0.2, 0.25) is 0 Å². The van der Waals surface area contributed by atoms with Gasteiger partial charge in [0.2, 0.25) is 0 Å². The average Bonchev–Trinajstić information content (AvgIpc) is 2.37. The third-order valence-corrected chi connectivity index (χ3v) is 3.78. The maximum atomic E-state index is 12.4. The topological polar surface area (TPSA) is 70.1 Å². The molecule has 2 aliphatic heterocycles. The molecule has 0 spiro atoms.